The predicted molar refractivity (Wildman–Crippen MR) is 79.7 cm³/mol. The second-order valence-electron chi connectivity index (χ2n) is 4.26. The maximum atomic E-state index is 9.14. The number of hydrogen-bond donors (Lipinski definition) is 0. The molecule has 0 bridgehead atoms. The number of rotatable bonds is 3. The summed E-state index contributed by atoms with van der Waals surface area (Å²) < 4.78 is 0. The third-order valence-electron chi connectivity index (χ3n) is 2.82. The van der Waals surface area contributed by atoms with Crippen molar-refractivity contribution >= 4 is 28.9 Å². The zero-order valence-electron chi connectivity index (χ0n) is 10.4. The molecule has 2 rings (SSSR count). The Balaban J connectivity index is 2.23. The fourth-order valence-electron chi connectivity index (χ4n) is 1.88. The van der Waals surface area contributed by atoms with E-state index in [2.05, 4.69) is 6.07 Å². The van der Waals surface area contributed by atoms with E-state index < -0.39 is 0 Å². The fourth-order valence-corrected chi connectivity index (χ4v) is 2.18. The van der Waals surface area contributed by atoms with E-state index in [4.69, 9.17) is 28.5 Å². The average Bonchev–Trinajstić information content (AvgIpc) is 2.41. The quantitative estimate of drug-likeness (QED) is 0.832. The van der Waals surface area contributed by atoms with Gasteiger partial charge >= 0.3 is 0 Å². The molecule has 0 aliphatic carbocycles. The minimum absolute atomic E-state index is 0.570. The Bertz CT molecular complexity index is 615. The highest BCUT2D eigenvalue weighted by Gasteiger charge is 2.08. The van der Waals surface area contributed by atoms with E-state index in [0.717, 1.165) is 16.3 Å². The lowest BCUT2D eigenvalue weighted by molar-refractivity contribution is 0.921. The molecule has 19 heavy (non-hydrogen) atoms. The van der Waals surface area contributed by atoms with Gasteiger partial charge in [0.15, 0.2) is 0 Å². The Morgan fingerprint density at radius 3 is 2.32 bits per heavy atom. The van der Waals surface area contributed by atoms with E-state index in [9.17, 15) is 0 Å². The molecule has 0 aromatic heterocycles. The van der Waals surface area contributed by atoms with Gasteiger partial charge < -0.3 is 4.90 Å². The Morgan fingerprint density at radius 2 is 1.68 bits per heavy atom. The first-order chi connectivity index (χ1) is 9.10. The van der Waals surface area contributed by atoms with Crippen LogP contribution in [0.15, 0.2) is 42.5 Å². The van der Waals surface area contributed by atoms with Gasteiger partial charge in [0.05, 0.1) is 11.3 Å². The largest absolute Gasteiger partial charge is 0.369 e. The number of anilines is 1. The van der Waals surface area contributed by atoms with Crippen LogP contribution in [0.4, 0.5) is 5.69 Å². The van der Waals surface area contributed by atoms with E-state index in [-0.39, 0.29) is 0 Å². The summed E-state index contributed by atoms with van der Waals surface area (Å²) >= 11 is 11.8. The van der Waals surface area contributed by atoms with E-state index >= 15 is 0 Å². The lowest BCUT2D eigenvalue weighted by atomic mass is 10.1. The van der Waals surface area contributed by atoms with Crippen LogP contribution >= 0.6 is 23.2 Å². The highest BCUT2D eigenvalue weighted by Crippen LogP contribution is 2.24. The number of nitrogens with zero attached hydrogens (tertiary/aromatic N) is 2. The Hall–Kier alpha value is -1.69. The van der Waals surface area contributed by atoms with Crippen molar-refractivity contribution in [2.75, 3.05) is 11.9 Å². The average molecular weight is 291 g/mol. The summed E-state index contributed by atoms with van der Waals surface area (Å²) in [7, 11) is 1.94. The lowest BCUT2D eigenvalue weighted by Crippen LogP contribution is -2.17. The van der Waals surface area contributed by atoms with Gasteiger partial charge in [0.1, 0.15) is 6.07 Å². The van der Waals surface area contributed by atoms with Crippen LogP contribution in [-0.4, -0.2) is 7.05 Å². The Kier molecular flexibility index (Phi) is 4.31. The molecule has 4 heteroatoms. The monoisotopic (exact) mass is 290 g/mol. The van der Waals surface area contributed by atoms with Crippen molar-refractivity contribution in [3.8, 4) is 6.07 Å². The summed E-state index contributed by atoms with van der Waals surface area (Å²) in [5, 5.41) is 10.4. The van der Waals surface area contributed by atoms with Crippen LogP contribution in [0.3, 0.4) is 0 Å². The molecule has 0 spiro atoms. The standard InChI is InChI=1S/C15H12Cl2N2/c1-19(10-11-2-4-13(16)5-3-11)15-7-6-14(17)8-12(15)9-18/h2-8H,10H2,1H3. The molecule has 0 unspecified atom stereocenters. The van der Waals surface area contributed by atoms with Gasteiger partial charge in [-0.15, -0.1) is 0 Å². The first-order valence-electron chi connectivity index (χ1n) is 5.75. The van der Waals surface area contributed by atoms with Gasteiger partial charge in [-0.05, 0) is 35.9 Å². The van der Waals surface area contributed by atoms with Gasteiger partial charge in [0.2, 0.25) is 0 Å². The molecule has 0 saturated heterocycles. The van der Waals surface area contributed by atoms with Crippen molar-refractivity contribution in [3.63, 3.8) is 0 Å². The zero-order chi connectivity index (χ0) is 13.8. The van der Waals surface area contributed by atoms with Crippen molar-refractivity contribution in [2.45, 2.75) is 6.54 Å². The molecule has 0 amide bonds. The summed E-state index contributed by atoms with van der Waals surface area (Å²) in [6, 6.07) is 15.2. The number of halogens is 2. The van der Waals surface area contributed by atoms with Gasteiger partial charge in [-0.3, -0.25) is 0 Å². The maximum Gasteiger partial charge on any atom is 0.101 e. The third-order valence-corrected chi connectivity index (χ3v) is 3.31. The van der Waals surface area contributed by atoms with Crippen molar-refractivity contribution < 1.29 is 0 Å². The van der Waals surface area contributed by atoms with E-state index in [1.807, 2.05) is 42.3 Å². The van der Waals surface area contributed by atoms with Crippen LogP contribution in [0, 0.1) is 11.3 Å². The summed E-state index contributed by atoms with van der Waals surface area (Å²) in [6.45, 7) is 0.702. The first-order valence-corrected chi connectivity index (χ1v) is 6.51. The normalized spacial score (nSPS) is 10.0. The summed E-state index contributed by atoms with van der Waals surface area (Å²) in [5.74, 6) is 0. The van der Waals surface area contributed by atoms with Crippen LogP contribution in [0.5, 0.6) is 0 Å². The minimum atomic E-state index is 0.570. The van der Waals surface area contributed by atoms with Gasteiger partial charge in [0.25, 0.3) is 0 Å². The van der Waals surface area contributed by atoms with Crippen LogP contribution in [0.2, 0.25) is 10.0 Å². The van der Waals surface area contributed by atoms with Crippen molar-refractivity contribution in [1.82, 2.24) is 0 Å². The van der Waals surface area contributed by atoms with E-state index in [1.54, 1.807) is 12.1 Å². The molecule has 0 heterocycles. The molecule has 2 nitrogen and oxygen atoms in total. The fraction of sp³-hybridized carbons (Fsp3) is 0.133. The minimum Gasteiger partial charge on any atom is -0.369 e. The number of nitriles is 1. The highest BCUT2D eigenvalue weighted by atomic mass is 35.5. The number of benzene rings is 2. The van der Waals surface area contributed by atoms with Crippen molar-refractivity contribution in [3.05, 3.63) is 63.6 Å². The maximum absolute atomic E-state index is 9.14. The van der Waals surface area contributed by atoms with Gasteiger partial charge in [-0.2, -0.15) is 5.26 Å². The summed E-state index contributed by atoms with van der Waals surface area (Å²) in [6.07, 6.45) is 0. The van der Waals surface area contributed by atoms with Gasteiger partial charge in [-0.25, -0.2) is 0 Å². The van der Waals surface area contributed by atoms with Crippen LogP contribution < -0.4 is 4.90 Å². The second kappa shape index (κ2) is 5.97. The Labute approximate surface area is 122 Å². The molecular formula is C15H12Cl2N2. The molecular weight excluding hydrogens is 279 g/mol. The van der Waals surface area contributed by atoms with Crippen LogP contribution in [0.25, 0.3) is 0 Å². The third kappa shape index (κ3) is 3.41. The zero-order valence-corrected chi connectivity index (χ0v) is 11.9. The molecule has 0 fully saturated rings. The smallest absolute Gasteiger partial charge is 0.101 e. The van der Waals surface area contributed by atoms with E-state index in [1.165, 1.54) is 0 Å². The number of hydrogen-bond acceptors (Lipinski definition) is 2. The summed E-state index contributed by atoms with van der Waals surface area (Å²) in [4.78, 5) is 2.01. The first kappa shape index (κ1) is 13.7. The SMILES string of the molecule is CN(Cc1ccc(Cl)cc1)c1ccc(Cl)cc1C#N. The van der Waals surface area contributed by atoms with Crippen LogP contribution in [0.1, 0.15) is 11.1 Å². The lowest BCUT2D eigenvalue weighted by Gasteiger charge is -2.20. The highest BCUT2D eigenvalue weighted by molar-refractivity contribution is 6.31. The molecule has 96 valence electrons. The molecule has 0 atom stereocenters. The molecule has 0 saturated carbocycles. The summed E-state index contributed by atoms with van der Waals surface area (Å²) in [5.41, 5.74) is 2.57. The molecule has 0 aliphatic rings. The Morgan fingerprint density at radius 1 is 1.05 bits per heavy atom. The molecule has 2 aromatic carbocycles. The predicted octanol–water partition coefficient (Wildman–Crippen LogP) is 4.50. The van der Waals surface area contributed by atoms with Gasteiger partial charge in [-0.1, -0.05) is 35.3 Å². The molecule has 0 N–H and O–H groups in total. The molecule has 2 aromatic rings. The van der Waals surface area contributed by atoms with Crippen molar-refractivity contribution in [2.24, 2.45) is 0 Å². The second-order valence-corrected chi connectivity index (χ2v) is 5.13. The van der Waals surface area contributed by atoms with Crippen molar-refractivity contribution in [1.29, 1.82) is 5.26 Å². The van der Waals surface area contributed by atoms with Crippen LogP contribution in [-0.2, 0) is 6.54 Å². The van der Waals surface area contributed by atoms with Gasteiger partial charge in [0, 0.05) is 23.6 Å². The van der Waals surface area contributed by atoms with E-state index in [0.29, 0.717) is 17.1 Å². The molecule has 0 aliphatic heterocycles. The topological polar surface area (TPSA) is 27.0 Å². The molecule has 0 radical (unpaired) electrons.